The number of aliphatic hydroxyl groups excluding tert-OH is 2. The van der Waals surface area contributed by atoms with Crippen LogP contribution in [-0.4, -0.2) is 23.4 Å². The van der Waals surface area contributed by atoms with Crippen LogP contribution >= 0.6 is 0 Å². The molecule has 0 saturated heterocycles. The lowest BCUT2D eigenvalue weighted by Gasteiger charge is -1.90. The predicted molar refractivity (Wildman–Crippen MR) is 134 cm³/mol. The van der Waals surface area contributed by atoms with Crippen LogP contribution in [-0.2, 0) is 0 Å². The Labute approximate surface area is 187 Å². The summed E-state index contributed by atoms with van der Waals surface area (Å²) in [6.45, 7) is 4.74. The van der Waals surface area contributed by atoms with Gasteiger partial charge in [-0.05, 0) is 64.2 Å². The Morgan fingerprint density at radius 2 is 0.967 bits per heavy atom. The van der Waals surface area contributed by atoms with Gasteiger partial charge >= 0.3 is 0 Å². The van der Waals surface area contributed by atoms with E-state index in [9.17, 15) is 0 Å². The van der Waals surface area contributed by atoms with Gasteiger partial charge in [-0.25, -0.2) is 0 Å². The zero-order chi connectivity index (χ0) is 22.4. The third kappa shape index (κ3) is 33.7. The SMILES string of the molecule is CC/C=C\C/C=C\CCC/C=C/CCO.CC/C=C\C/C=C\CCCC#CCCO. The maximum absolute atomic E-state index is 8.54. The third-order valence-electron chi connectivity index (χ3n) is 3.92. The van der Waals surface area contributed by atoms with E-state index >= 15 is 0 Å². The number of rotatable bonds is 16. The van der Waals surface area contributed by atoms with Gasteiger partial charge in [0.05, 0.1) is 6.61 Å². The first-order valence-electron chi connectivity index (χ1n) is 11.8. The summed E-state index contributed by atoms with van der Waals surface area (Å²) < 4.78 is 0. The van der Waals surface area contributed by atoms with Crippen molar-refractivity contribution in [3.8, 4) is 11.8 Å². The molecule has 0 aliphatic carbocycles. The molecule has 170 valence electrons. The summed E-state index contributed by atoms with van der Waals surface area (Å²) in [6, 6.07) is 0. The standard InChI is InChI=1S/C14H24O.C14H22O/c2*1-2-3-4-5-6-7-8-9-10-11-12-13-14-15/h3-4,6-7,11-12,15H,2,5,8-10,13-14H2,1H3;3-4,6-7,15H,2,5,8-10,13-14H2,1H3/b4-3-,7-6-,12-11+;4-3-,7-6-. The molecule has 0 aromatic heterocycles. The highest BCUT2D eigenvalue weighted by Crippen LogP contribution is 2.00. The summed E-state index contributed by atoms with van der Waals surface area (Å²) in [7, 11) is 0. The van der Waals surface area contributed by atoms with E-state index in [1.165, 1.54) is 6.42 Å². The summed E-state index contributed by atoms with van der Waals surface area (Å²) in [6.07, 6.45) is 34.3. The molecule has 0 heterocycles. The Balaban J connectivity index is 0. The Morgan fingerprint density at radius 1 is 0.500 bits per heavy atom. The van der Waals surface area contributed by atoms with Crippen molar-refractivity contribution in [3.63, 3.8) is 0 Å². The number of aliphatic hydroxyl groups is 2. The molecule has 0 rings (SSSR count). The van der Waals surface area contributed by atoms with E-state index in [0.717, 1.165) is 64.2 Å². The minimum atomic E-state index is 0.177. The molecule has 0 aromatic carbocycles. The summed E-state index contributed by atoms with van der Waals surface area (Å²) in [5, 5.41) is 17.0. The monoisotopic (exact) mass is 414 g/mol. The van der Waals surface area contributed by atoms with Crippen LogP contribution in [0.15, 0.2) is 60.8 Å². The van der Waals surface area contributed by atoms with Crippen LogP contribution in [0.4, 0.5) is 0 Å². The van der Waals surface area contributed by atoms with Crippen molar-refractivity contribution in [2.45, 2.75) is 90.9 Å². The first-order valence-corrected chi connectivity index (χ1v) is 11.8. The third-order valence-corrected chi connectivity index (χ3v) is 3.92. The van der Waals surface area contributed by atoms with Gasteiger partial charge in [0.15, 0.2) is 0 Å². The average Bonchev–Trinajstić information content (AvgIpc) is 2.76. The summed E-state index contributed by atoms with van der Waals surface area (Å²) in [4.78, 5) is 0. The zero-order valence-electron chi connectivity index (χ0n) is 19.6. The molecule has 0 saturated carbocycles. The van der Waals surface area contributed by atoms with Gasteiger partial charge in [-0.3, -0.25) is 0 Å². The predicted octanol–water partition coefficient (Wildman–Crippen LogP) is 7.46. The molecular formula is C28H46O2. The van der Waals surface area contributed by atoms with Crippen molar-refractivity contribution in [1.82, 2.24) is 0 Å². The number of allylic oxidation sites excluding steroid dienone is 9. The minimum absolute atomic E-state index is 0.177. The number of unbranched alkanes of at least 4 members (excludes halogenated alkanes) is 4. The Morgan fingerprint density at radius 3 is 1.50 bits per heavy atom. The summed E-state index contributed by atoms with van der Waals surface area (Å²) in [5.74, 6) is 5.96. The van der Waals surface area contributed by atoms with Crippen molar-refractivity contribution in [2.75, 3.05) is 13.2 Å². The largest absolute Gasteiger partial charge is 0.396 e. The minimum Gasteiger partial charge on any atom is -0.396 e. The first-order chi connectivity index (χ1) is 14.8. The molecule has 0 unspecified atom stereocenters. The second-order valence-corrected chi connectivity index (χ2v) is 6.81. The van der Waals surface area contributed by atoms with Gasteiger partial charge in [-0.1, -0.05) is 74.6 Å². The van der Waals surface area contributed by atoms with E-state index in [-0.39, 0.29) is 13.2 Å². The second kappa shape index (κ2) is 31.9. The zero-order valence-corrected chi connectivity index (χ0v) is 19.6. The van der Waals surface area contributed by atoms with Crippen molar-refractivity contribution in [1.29, 1.82) is 0 Å². The summed E-state index contributed by atoms with van der Waals surface area (Å²) >= 11 is 0. The molecule has 2 N–H and O–H groups in total. The van der Waals surface area contributed by atoms with Gasteiger partial charge in [0.2, 0.25) is 0 Å². The smallest absolute Gasteiger partial charge is 0.0540 e. The second-order valence-electron chi connectivity index (χ2n) is 6.81. The quantitative estimate of drug-likeness (QED) is 0.156. The molecule has 0 aromatic rings. The fourth-order valence-electron chi connectivity index (χ4n) is 2.32. The van der Waals surface area contributed by atoms with Gasteiger partial charge in [0.25, 0.3) is 0 Å². The lowest BCUT2D eigenvalue weighted by molar-refractivity contribution is 0.302. The molecule has 0 bridgehead atoms. The molecule has 0 aliphatic rings. The van der Waals surface area contributed by atoms with E-state index in [1.807, 2.05) is 6.08 Å². The molecular weight excluding hydrogens is 368 g/mol. The van der Waals surface area contributed by atoms with Gasteiger partial charge in [-0.15, -0.1) is 11.8 Å². The van der Waals surface area contributed by atoms with Gasteiger partial charge < -0.3 is 10.2 Å². The van der Waals surface area contributed by atoms with Crippen LogP contribution in [0.1, 0.15) is 90.9 Å². The highest BCUT2D eigenvalue weighted by Gasteiger charge is 1.81. The van der Waals surface area contributed by atoms with Gasteiger partial charge in [-0.2, -0.15) is 0 Å². The number of hydrogen-bond acceptors (Lipinski definition) is 2. The van der Waals surface area contributed by atoms with Crippen LogP contribution in [0.25, 0.3) is 0 Å². The van der Waals surface area contributed by atoms with E-state index in [0.29, 0.717) is 6.42 Å². The molecule has 2 heteroatoms. The van der Waals surface area contributed by atoms with Crippen molar-refractivity contribution < 1.29 is 10.2 Å². The highest BCUT2D eigenvalue weighted by atomic mass is 16.3. The molecule has 0 radical (unpaired) electrons. The molecule has 0 spiro atoms. The van der Waals surface area contributed by atoms with Gasteiger partial charge in [0.1, 0.15) is 0 Å². The van der Waals surface area contributed by atoms with E-state index < -0.39 is 0 Å². The van der Waals surface area contributed by atoms with Crippen molar-refractivity contribution >= 4 is 0 Å². The lowest BCUT2D eigenvalue weighted by atomic mass is 10.2. The maximum Gasteiger partial charge on any atom is 0.0540 e. The number of hydrogen-bond donors (Lipinski definition) is 2. The first kappa shape index (κ1) is 30.4. The fraction of sp³-hybridized carbons (Fsp3) is 0.571. The van der Waals surface area contributed by atoms with Crippen LogP contribution in [0.5, 0.6) is 0 Å². The molecule has 0 atom stereocenters. The fourth-order valence-corrected chi connectivity index (χ4v) is 2.32. The van der Waals surface area contributed by atoms with E-state index in [4.69, 9.17) is 10.2 Å². The topological polar surface area (TPSA) is 40.5 Å². The van der Waals surface area contributed by atoms with Crippen LogP contribution in [0, 0.1) is 11.8 Å². The molecule has 0 fully saturated rings. The van der Waals surface area contributed by atoms with Crippen LogP contribution in [0.2, 0.25) is 0 Å². The Hall–Kier alpha value is -1.82. The van der Waals surface area contributed by atoms with Crippen molar-refractivity contribution in [2.24, 2.45) is 0 Å². The Kier molecular flexibility index (Phi) is 32.3. The van der Waals surface area contributed by atoms with Crippen molar-refractivity contribution in [3.05, 3.63) is 60.8 Å². The summed E-state index contributed by atoms with van der Waals surface area (Å²) in [5.41, 5.74) is 0. The van der Waals surface area contributed by atoms with E-state index in [2.05, 4.69) is 80.4 Å². The molecule has 0 aliphatic heterocycles. The highest BCUT2D eigenvalue weighted by molar-refractivity contribution is 4.99. The lowest BCUT2D eigenvalue weighted by Crippen LogP contribution is -1.76. The average molecular weight is 415 g/mol. The Bertz CT molecular complexity index is 512. The van der Waals surface area contributed by atoms with Crippen LogP contribution in [0.3, 0.4) is 0 Å². The van der Waals surface area contributed by atoms with Crippen LogP contribution < -0.4 is 0 Å². The normalized spacial score (nSPS) is 11.6. The van der Waals surface area contributed by atoms with Gasteiger partial charge in [0, 0.05) is 19.4 Å². The molecule has 30 heavy (non-hydrogen) atoms. The molecule has 2 nitrogen and oxygen atoms in total. The maximum atomic E-state index is 8.54. The van der Waals surface area contributed by atoms with E-state index in [1.54, 1.807) is 0 Å². The molecule has 0 amide bonds.